The molecular weight excluding hydrogens is 532 g/mol. The summed E-state index contributed by atoms with van der Waals surface area (Å²) in [5.74, 6) is -0.459. The second kappa shape index (κ2) is 22.5. The second-order valence-electron chi connectivity index (χ2n) is 13.4. The van der Waals surface area contributed by atoms with Crippen molar-refractivity contribution in [1.82, 2.24) is 0 Å². The summed E-state index contributed by atoms with van der Waals surface area (Å²) in [6.45, 7) is 3.77. The average molecular weight is 597 g/mol. The first kappa shape index (κ1) is 37.2. The van der Waals surface area contributed by atoms with Crippen molar-refractivity contribution >= 4 is 11.8 Å². The van der Waals surface area contributed by atoms with E-state index in [2.05, 4.69) is 6.92 Å². The Morgan fingerprint density at radius 3 is 1.79 bits per heavy atom. The number of ether oxygens (including phenoxy) is 2. The van der Waals surface area contributed by atoms with Gasteiger partial charge < -0.3 is 29.6 Å². The van der Waals surface area contributed by atoms with Crippen molar-refractivity contribution in [3.8, 4) is 0 Å². The van der Waals surface area contributed by atoms with Crippen LogP contribution in [0.5, 0.6) is 0 Å². The number of hydrogen-bond donors (Lipinski definition) is 3. The zero-order valence-electron chi connectivity index (χ0n) is 27.0. The van der Waals surface area contributed by atoms with Gasteiger partial charge >= 0.3 is 5.97 Å². The number of unbranched alkanes of at least 4 members (excludes halogenated alkanes) is 12. The van der Waals surface area contributed by atoms with Gasteiger partial charge in [0.25, 0.3) is 0 Å². The maximum absolute atomic E-state index is 11.8. The first-order valence-corrected chi connectivity index (χ1v) is 17.7. The van der Waals surface area contributed by atoms with Crippen molar-refractivity contribution in [2.75, 3.05) is 0 Å². The number of hydrogen-bond acceptors (Lipinski definition) is 7. The molecule has 0 aromatic carbocycles. The molecule has 246 valence electrons. The monoisotopic (exact) mass is 596 g/mol. The minimum Gasteiger partial charge on any atom is -0.462 e. The molecule has 7 heteroatoms. The van der Waals surface area contributed by atoms with E-state index < -0.39 is 12.2 Å². The zero-order valence-corrected chi connectivity index (χ0v) is 27.0. The van der Waals surface area contributed by atoms with Crippen molar-refractivity contribution in [2.24, 2.45) is 5.92 Å². The van der Waals surface area contributed by atoms with Gasteiger partial charge in [-0.1, -0.05) is 96.8 Å². The Morgan fingerprint density at radius 2 is 1.21 bits per heavy atom. The molecule has 0 aliphatic carbocycles. The van der Waals surface area contributed by atoms with E-state index in [9.17, 15) is 24.9 Å². The third kappa shape index (κ3) is 16.2. The number of esters is 1. The van der Waals surface area contributed by atoms with Gasteiger partial charge in [-0.3, -0.25) is 4.79 Å². The minimum atomic E-state index is -0.503. The van der Waals surface area contributed by atoms with Crippen LogP contribution in [0.1, 0.15) is 168 Å². The quantitative estimate of drug-likeness (QED) is 0.0707. The summed E-state index contributed by atoms with van der Waals surface area (Å²) >= 11 is 0. The summed E-state index contributed by atoms with van der Waals surface area (Å²) in [5, 5.41) is 31.6. The summed E-state index contributed by atoms with van der Waals surface area (Å²) in [7, 11) is 0. The molecular formula is C35H64O7. The van der Waals surface area contributed by atoms with E-state index in [0.29, 0.717) is 12.8 Å². The molecule has 0 radical (unpaired) electrons. The zero-order chi connectivity index (χ0) is 30.6. The van der Waals surface area contributed by atoms with Crippen LogP contribution in [-0.4, -0.2) is 63.7 Å². The summed E-state index contributed by atoms with van der Waals surface area (Å²) in [6, 6.07) is 0. The Bertz CT molecular complexity index is 713. The van der Waals surface area contributed by atoms with Gasteiger partial charge in [0.05, 0.1) is 36.4 Å². The van der Waals surface area contributed by atoms with Gasteiger partial charge in [0, 0.05) is 6.42 Å². The maximum Gasteiger partial charge on any atom is 0.309 e. The SMILES string of the molecule is CCCCCCCCCCCC[C@@H](O)[C@H]1CC[C@H]([C@H](O)CCCC[C@H](O)CCCCC[C@H]2CC(CC(C)=O)C(=O)O2)O1. The summed E-state index contributed by atoms with van der Waals surface area (Å²) in [6.07, 6.45) is 22.2. The summed E-state index contributed by atoms with van der Waals surface area (Å²) < 4.78 is 11.5. The number of carbonyl (C=O) groups excluding carboxylic acids is 2. The largest absolute Gasteiger partial charge is 0.462 e. The molecule has 2 saturated heterocycles. The number of ketones is 1. The molecule has 0 saturated carbocycles. The first-order chi connectivity index (χ1) is 20.3. The maximum atomic E-state index is 11.8. The van der Waals surface area contributed by atoms with Crippen molar-refractivity contribution in [3.63, 3.8) is 0 Å². The lowest BCUT2D eigenvalue weighted by Gasteiger charge is -2.22. The highest BCUT2D eigenvalue weighted by Gasteiger charge is 2.35. The van der Waals surface area contributed by atoms with E-state index in [1.165, 1.54) is 64.7 Å². The van der Waals surface area contributed by atoms with Gasteiger partial charge in [0.15, 0.2) is 0 Å². The van der Waals surface area contributed by atoms with Crippen LogP contribution in [0.15, 0.2) is 0 Å². The molecule has 1 unspecified atom stereocenters. The fourth-order valence-corrected chi connectivity index (χ4v) is 6.69. The first-order valence-electron chi connectivity index (χ1n) is 17.7. The van der Waals surface area contributed by atoms with Crippen molar-refractivity contribution in [1.29, 1.82) is 0 Å². The number of Topliss-reactive ketones (excluding diaryl/α,β-unsaturated/α-hetero) is 1. The van der Waals surface area contributed by atoms with Crippen LogP contribution in [0.25, 0.3) is 0 Å². The second-order valence-corrected chi connectivity index (χ2v) is 13.4. The van der Waals surface area contributed by atoms with Crippen LogP contribution in [0.2, 0.25) is 0 Å². The molecule has 7 nitrogen and oxygen atoms in total. The molecule has 7 atom stereocenters. The van der Waals surface area contributed by atoms with Gasteiger partial charge in [0.2, 0.25) is 0 Å². The molecule has 0 bridgehead atoms. The highest BCUT2D eigenvalue weighted by molar-refractivity contribution is 5.83. The van der Waals surface area contributed by atoms with E-state index in [0.717, 1.165) is 77.0 Å². The molecule has 3 N–H and O–H groups in total. The number of rotatable bonds is 26. The predicted molar refractivity (Wildman–Crippen MR) is 167 cm³/mol. The third-order valence-corrected chi connectivity index (χ3v) is 9.35. The van der Waals surface area contributed by atoms with Crippen molar-refractivity contribution < 1.29 is 34.4 Å². The Kier molecular flexibility index (Phi) is 19.9. The molecule has 0 amide bonds. The van der Waals surface area contributed by atoms with Crippen molar-refractivity contribution in [2.45, 2.75) is 205 Å². The fourth-order valence-electron chi connectivity index (χ4n) is 6.69. The number of aliphatic hydroxyl groups excluding tert-OH is 3. The van der Waals surface area contributed by atoms with Gasteiger partial charge in [0.1, 0.15) is 11.9 Å². The number of cyclic esters (lactones) is 1. The normalized spacial score (nSPS) is 24.5. The number of carbonyl (C=O) groups is 2. The van der Waals surface area contributed by atoms with E-state index in [1.54, 1.807) is 0 Å². The molecule has 2 heterocycles. The Labute approximate surface area is 256 Å². The molecule has 42 heavy (non-hydrogen) atoms. The molecule has 0 spiro atoms. The van der Waals surface area contributed by atoms with Crippen LogP contribution in [0.4, 0.5) is 0 Å². The molecule has 0 aromatic heterocycles. The Hall–Kier alpha value is -1.02. The minimum absolute atomic E-state index is 0.0338. The lowest BCUT2D eigenvalue weighted by molar-refractivity contribution is -0.145. The van der Waals surface area contributed by atoms with Crippen LogP contribution >= 0.6 is 0 Å². The van der Waals surface area contributed by atoms with Gasteiger partial charge in [-0.15, -0.1) is 0 Å². The van der Waals surface area contributed by atoms with Gasteiger partial charge in [-0.05, 0) is 64.7 Å². The average Bonchev–Trinajstić information content (AvgIpc) is 3.58. The fraction of sp³-hybridized carbons (Fsp3) is 0.943. The molecule has 2 rings (SSSR count). The van der Waals surface area contributed by atoms with E-state index in [-0.39, 0.29) is 48.5 Å². The highest BCUT2D eigenvalue weighted by atomic mass is 16.6. The Balaban J connectivity index is 1.41. The predicted octanol–water partition coefficient (Wildman–Crippen LogP) is 7.35. The van der Waals surface area contributed by atoms with Crippen LogP contribution in [-0.2, 0) is 19.1 Å². The Morgan fingerprint density at radius 1 is 0.738 bits per heavy atom. The lowest BCUT2D eigenvalue weighted by Crippen LogP contribution is -2.31. The number of aliphatic hydroxyl groups is 3. The van der Waals surface area contributed by atoms with Crippen LogP contribution < -0.4 is 0 Å². The summed E-state index contributed by atoms with van der Waals surface area (Å²) in [4.78, 5) is 23.1. The third-order valence-electron chi connectivity index (χ3n) is 9.35. The van der Waals surface area contributed by atoms with E-state index in [1.807, 2.05) is 0 Å². The molecule has 0 aromatic rings. The highest BCUT2D eigenvalue weighted by Crippen LogP contribution is 2.29. The van der Waals surface area contributed by atoms with E-state index in [4.69, 9.17) is 9.47 Å². The topological polar surface area (TPSA) is 113 Å². The van der Waals surface area contributed by atoms with Crippen LogP contribution in [0.3, 0.4) is 0 Å². The summed E-state index contributed by atoms with van der Waals surface area (Å²) in [5.41, 5.74) is 0. The molecule has 2 fully saturated rings. The smallest absolute Gasteiger partial charge is 0.309 e. The van der Waals surface area contributed by atoms with E-state index >= 15 is 0 Å². The van der Waals surface area contributed by atoms with Crippen molar-refractivity contribution in [3.05, 3.63) is 0 Å². The molecule has 2 aliphatic rings. The molecule has 2 aliphatic heterocycles. The van der Waals surface area contributed by atoms with Gasteiger partial charge in [-0.25, -0.2) is 0 Å². The lowest BCUT2D eigenvalue weighted by atomic mass is 9.96. The van der Waals surface area contributed by atoms with Crippen LogP contribution in [0, 0.1) is 5.92 Å². The standard InChI is InChI=1S/C35H64O7/c1-3-4-5-6-7-8-9-10-11-15-21-31(38)33-23-24-34(42-33)32(39)22-17-16-19-29(37)18-13-12-14-20-30-26-28(25-27(2)36)35(40)41-30/h28-34,37-39H,3-26H2,1-2H3/t28?,29-,30+,31-,32-,33-,34-/m1/s1. The van der Waals surface area contributed by atoms with Gasteiger partial charge in [-0.2, -0.15) is 0 Å².